The average molecular weight is 1020 g/mol. The van der Waals surface area contributed by atoms with E-state index in [9.17, 15) is 29.4 Å². The molecule has 0 amide bonds. The molecule has 0 aromatic heterocycles. The molecule has 400 valence electrons. The largest absolute Gasteiger partial charge is 0.426 e. The molecule has 0 heterocycles. The van der Waals surface area contributed by atoms with E-state index in [0.29, 0.717) is 70.8 Å². The van der Waals surface area contributed by atoms with Crippen molar-refractivity contribution < 1.29 is 48.3 Å². The molecule has 0 radical (unpaired) electrons. The number of rotatable bonds is 30. The Morgan fingerprint density at radius 3 is 1.33 bits per heavy atom. The first kappa shape index (κ1) is 57.8. The Morgan fingerprint density at radius 2 is 0.933 bits per heavy atom. The highest BCUT2D eigenvalue weighted by Crippen LogP contribution is 2.43. The number of ether oxygens (including phenoxy) is 4. The molecule has 12 nitrogen and oxygen atoms in total. The fourth-order valence-corrected chi connectivity index (χ4v) is 10.00. The molecular formula is C63H78N2O10. The highest BCUT2D eigenvalue weighted by atomic mass is 16.5. The SMILES string of the molecule is C=CCCCCCOC1CCC(C(=O)Oc2ccc(/C=C/C(=O)CC(Cc3ccc(N)cc3)(Cc3ccc(N)cc3)C(O)(O)C(=O)/C=C/c3ccc(OC(=O)C4CCC(OCCCCCC=C)CC4)cc3)cc2)CC1. The molecule has 2 aliphatic rings. The summed E-state index contributed by atoms with van der Waals surface area (Å²) < 4.78 is 23.6. The van der Waals surface area contributed by atoms with Gasteiger partial charge in [0.1, 0.15) is 11.5 Å². The van der Waals surface area contributed by atoms with Gasteiger partial charge in [-0.2, -0.15) is 0 Å². The van der Waals surface area contributed by atoms with Gasteiger partial charge in [-0.15, -0.1) is 13.2 Å². The van der Waals surface area contributed by atoms with Crippen LogP contribution in [0.2, 0.25) is 0 Å². The van der Waals surface area contributed by atoms with Crippen molar-refractivity contribution >= 4 is 47.0 Å². The molecule has 2 fully saturated rings. The van der Waals surface area contributed by atoms with Gasteiger partial charge >= 0.3 is 11.9 Å². The summed E-state index contributed by atoms with van der Waals surface area (Å²) in [6.07, 6.45) is 23.6. The first-order valence-corrected chi connectivity index (χ1v) is 26.9. The number of hydrogen-bond donors (Lipinski definition) is 4. The first-order valence-electron chi connectivity index (χ1n) is 26.9. The number of carbonyl (C=O) groups excluding carboxylic acids is 4. The maximum absolute atomic E-state index is 14.3. The molecule has 12 heteroatoms. The molecule has 2 saturated carbocycles. The van der Waals surface area contributed by atoms with E-state index in [2.05, 4.69) is 13.2 Å². The van der Waals surface area contributed by atoms with E-state index in [1.165, 1.54) is 12.2 Å². The number of hydrogen-bond acceptors (Lipinski definition) is 12. The van der Waals surface area contributed by atoms with E-state index >= 15 is 0 Å². The number of nitrogens with two attached hydrogens (primary N) is 2. The third kappa shape index (κ3) is 18.4. The number of aliphatic hydroxyl groups is 2. The standard InChI is InChI=1S/C63H78N2O10/c1-3-5-7-9-11-41-72-55-36-23-50(24-37-55)60(68)74-57-32-18-46(19-33-57)17-31-54(66)45-62(43-48-13-27-52(64)28-14-48,44-49-15-29-53(65)30-16-49)63(70,71)59(67)40-22-47-20-34-58(35-21-47)75-61(69)51-25-38-56(39-26-51)73-42-12-10-8-6-4-2/h3-4,13-22,27-35,40,50-51,55-56,70-71H,1-2,5-12,23-26,36-39,41-45,64-65H2/b31-17+,40-22+. The third-order valence-corrected chi connectivity index (χ3v) is 14.6. The van der Waals surface area contributed by atoms with Crippen LogP contribution in [0.3, 0.4) is 0 Å². The molecule has 0 atom stereocenters. The summed E-state index contributed by atoms with van der Waals surface area (Å²) in [7, 11) is 0. The summed E-state index contributed by atoms with van der Waals surface area (Å²) in [5.74, 6) is -4.84. The maximum Gasteiger partial charge on any atom is 0.314 e. The van der Waals surface area contributed by atoms with E-state index in [1.807, 2.05) is 12.2 Å². The Bertz CT molecular complexity index is 2450. The normalized spacial score (nSPS) is 18.2. The summed E-state index contributed by atoms with van der Waals surface area (Å²) in [6, 6.07) is 27.0. The van der Waals surface area contributed by atoms with Gasteiger partial charge in [-0.1, -0.05) is 85.7 Å². The second-order valence-corrected chi connectivity index (χ2v) is 20.4. The summed E-state index contributed by atoms with van der Waals surface area (Å²) in [5.41, 5.74) is 13.6. The lowest BCUT2D eigenvalue weighted by Crippen LogP contribution is -2.57. The molecule has 0 aliphatic heterocycles. The molecular weight excluding hydrogens is 945 g/mol. The van der Waals surface area contributed by atoms with Crippen LogP contribution < -0.4 is 20.9 Å². The van der Waals surface area contributed by atoms with Gasteiger partial charge in [0.05, 0.1) is 24.0 Å². The van der Waals surface area contributed by atoms with Gasteiger partial charge in [0, 0.05) is 36.4 Å². The Morgan fingerprint density at radius 1 is 0.533 bits per heavy atom. The van der Waals surface area contributed by atoms with E-state index in [0.717, 1.165) is 96.3 Å². The second kappa shape index (κ2) is 29.6. The van der Waals surface area contributed by atoms with E-state index < -0.39 is 29.2 Å². The van der Waals surface area contributed by atoms with Crippen molar-refractivity contribution in [1.29, 1.82) is 0 Å². The molecule has 6 N–H and O–H groups in total. The van der Waals surface area contributed by atoms with Crippen LogP contribution in [-0.4, -0.2) is 64.9 Å². The predicted molar refractivity (Wildman–Crippen MR) is 296 cm³/mol. The van der Waals surface area contributed by atoms with Crippen LogP contribution in [0.15, 0.2) is 135 Å². The Labute approximate surface area is 443 Å². The zero-order valence-electron chi connectivity index (χ0n) is 43.6. The molecule has 0 spiro atoms. The second-order valence-electron chi connectivity index (χ2n) is 20.4. The van der Waals surface area contributed by atoms with Gasteiger partial charge in [-0.25, -0.2) is 0 Å². The summed E-state index contributed by atoms with van der Waals surface area (Å²) in [6.45, 7) is 8.99. The van der Waals surface area contributed by atoms with Crippen molar-refractivity contribution in [3.05, 3.63) is 157 Å². The van der Waals surface area contributed by atoms with Gasteiger partial charge in [0.25, 0.3) is 0 Å². The molecule has 6 rings (SSSR count). The Hall–Kier alpha value is -6.44. The number of benzene rings is 4. The topological polar surface area (TPSA) is 198 Å². The minimum Gasteiger partial charge on any atom is -0.426 e. The summed E-state index contributed by atoms with van der Waals surface area (Å²) in [5, 5.41) is 24.6. The molecule has 75 heavy (non-hydrogen) atoms. The van der Waals surface area contributed by atoms with Crippen LogP contribution in [0, 0.1) is 17.3 Å². The van der Waals surface area contributed by atoms with Gasteiger partial charge in [-0.3, -0.25) is 19.2 Å². The van der Waals surface area contributed by atoms with E-state index in [4.69, 9.17) is 30.4 Å². The fourth-order valence-electron chi connectivity index (χ4n) is 10.00. The van der Waals surface area contributed by atoms with E-state index in [-0.39, 0.29) is 48.8 Å². The van der Waals surface area contributed by atoms with Gasteiger partial charge in [-0.05, 0) is 186 Å². The number of nitrogen functional groups attached to an aromatic ring is 2. The van der Waals surface area contributed by atoms with Crippen molar-refractivity contribution in [2.24, 2.45) is 17.3 Å². The number of unbranched alkanes of at least 4 members (excludes halogenated alkanes) is 6. The Balaban J connectivity index is 1.10. The zero-order valence-corrected chi connectivity index (χ0v) is 43.6. The quantitative estimate of drug-likeness (QED) is 0.00734. The minimum atomic E-state index is -3.08. The highest BCUT2D eigenvalue weighted by molar-refractivity contribution is 6.01. The monoisotopic (exact) mass is 1020 g/mol. The molecule has 4 aromatic carbocycles. The smallest absolute Gasteiger partial charge is 0.314 e. The number of allylic oxidation sites excluding steroid dienone is 3. The summed E-state index contributed by atoms with van der Waals surface area (Å²) in [4.78, 5) is 54.7. The van der Waals surface area contributed by atoms with Crippen LogP contribution in [0.25, 0.3) is 12.2 Å². The first-order chi connectivity index (χ1) is 36.2. The van der Waals surface area contributed by atoms with Crippen molar-refractivity contribution in [3.8, 4) is 11.5 Å². The Kier molecular flexibility index (Phi) is 22.8. The molecule has 2 aliphatic carbocycles. The van der Waals surface area contributed by atoms with Crippen molar-refractivity contribution in [1.82, 2.24) is 0 Å². The number of esters is 2. The molecule has 4 aromatic rings. The van der Waals surface area contributed by atoms with E-state index in [1.54, 1.807) is 103 Å². The lowest BCUT2D eigenvalue weighted by atomic mass is 9.65. The molecule has 0 unspecified atom stereocenters. The van der Waals surface area contributed by atoms with Gasteiger partial charge < -0.3 is 40.6 Å². The van der Waals surface area contributed by atoms with Crippen molar-refractivity contribution in [2.45, 2.75) is 140 Å². The predicted octanol–water partition coefficient (Wildman–Crippen LogP) is 11.7. The van der Waals surface area contributed by atoms with Crippen LogP contribution in [0.1, 0.15) is 131 Å². The molecule has 0 saturated heterocycles. The van der Waals surface area contributed by atoms with Crippen molar-refractivity contribution in [3.63, 3.8) is 0 Å². The van der Waals surface area contributed by atoms with Crippen LogP contribution in [0.5, 0.6) is 11.5 Å². The maximum atomic E-state index is 14.3. The number of anilines is 2. The van der Waals surface area contributed by atoms with Crippen LogP contribution in [0.4, 0.5) is 11.4 Å². The zero-order chi connectivity index (χ0) is 53.5. The lowest BCUT2D eigenvalue weighted by molar-refractivity contribution is -0.230. The summed E-state index contributed by atoms with van der Waals surface area (Å²) >= 11 is 0. The van der Waals surface area contributed by atoms with Crippen LogP contribution >= 0.6 is 0 Å². The highest BCUT2D eigenvalue weighted by Gasteiger charge is 2.54. The van der Waals surface area contributed by atoms with Crippen LogP contribution in [-0.2, 0) is 41.5 Å². The fraction of sp³-hybridized carbons (Fsp3) is 0.429. The lowest BCUT2D eigenvalue weighted by Gasteiger charge is -2.42. The average Bonchev–Trinajstić information content (AvgIpc) is 3.41. The number of ketones is 2. The minimum absolute atomic E-state index is 0.0971. The van der Waals surface area contributed by atoms with Crippen molar-refractivity contribution in [2.75, 3.05) is 24.7 Å². The number of carbonyl (C=O) groups is 4. The van der Waals surface area contributed by atoms with Gasteiger partial charge in [0.2, 0.25) is 11.6 Å². The molecule has 0 bridgehead atoms. The van der Waals surface area contributed by atoms with Gasteiger partial charge in [0.15, 0.2) is 5.78 Å². The third-order valence-electron chi connectivity index (χ3n) is 14.6.